The predicted octanol–water partition coefficient (Wildman–Crippen LogP) is 3.99. The molecule has 0 spiro atoms. The van der Waals surface area contributed by atoms with Crippen LogP contribution >= 0.6 is 15.9 Å². The molecule has 0 aliphatic carbocycles. The van der Waals surface area contributed by atoms with E-state index in [-0.39, 0.29) is 11.8 Å². The van der Waals surface area contributed by atoms with Gasteiger partial charge in [-0.2, -0.15) is 0 Å². The fraction of sp³-hybridized carbons (Fsp3) is 0.235. The van der Waals surface area contributed by atoms with Gasteiger partial charge in [-0.1, -0.05) is 37.3 Å². The van der Waals surface area contributed by atoms with E-state index in [0.29, 0.717) is 17.9 Å². The Bertz CT molecular complexity index is 613. The second-order valence-electron chi connectivity index (χ2n) is 4.87. The third kappa shape index (κ3) is 4.08. The number of rotatable bonds is 5. The van der Waals surface area contributed by atoms with Crippen LogP contribution in [0.2, 0.25) is 0 Å². The van der Waals surface area contributed by atoms with Crippen LogP contribution in [0.25, 0.3) is 0 Å². The molecule has 0 aliphatic rings. The molecule has 0 aliphatic heterocycles. The van der Waals surface area contributed by atoms with Crippen molar-refractivity contribution in [1.29, 1.82) is 0 Å². The number of nitrogens with one attached hydrogen (secondary N) is 1. The molecule has 0 unspecified atom stereocenters. The van der Waals surface area contributed by atoms with Gasteiger partial charge >= 0.3 is 0 Å². The molecule has 2 rings (SSSR count). The van der Waals surface area contributed by atoms with Gasteiger partial charge in [0.25, 0.3) is 5.91 Å². The van der Waals surface area contributed by atoms with E-state index >= 15 is 0 Å². The Balaban J connectivity index is 2.02. The Hall–Kier alpha value is -1.81. The highest BCUT2D eigenvalue weighted by molar-refractivity contribution is 9.10. The first kappa shape index (κ1) is 15.6. The van der Waals surface area contributed by atoms with Gasteiger partial charge in [0.05, 0.1) is 12.7 Å². The van der Waals surface area contributed by atoms with Gasteiger partial charge in [-0.3, -0.25) is 4.79 Å². The second kappa shape index (κ2) is 7.27. The molecule has 0 aromatic heterocycles. The number of hydrogen-bond acceptors (Lipinski definition) is 2. The maximum absolute atomic E-state index is 12.3. The Morgan fingerprint density at radius 1 is 1.24 bits per heavy atom. The first-order valence-corrected chi connectivity index (χ1v) is 7.58. The molecule has 0 bridgehead atoms. The van der Waals surface area contributed by atoms with Gasteiger partial charge in [-0.05, 0) is 45.6 Å². The Morgan fingerprint density at radius 3 is 2.62 bits per heavy atom. The van der Waals surface area contributed by atoms with E-state index in [4.69, 9.17) is 4.74 Å². The van der Waals surface area contributed by atoms with E-state index in [1.165, 1.54) is 5.56 Å². The molecule has 1 N–H and O–H groups in total. The molecular formula is C17H18BrNO2. The van der Waals surface area contributed by atoms with E-state index in [0.717, 1.165) is 4.47 Å². The van der Waals surface area contributed by atoms with Crippen molar-refractivity contribution >= 4 is 21.8 Å². The fourth-order valence-electron chi connectivity index (χ4n) is 2.05. The number of carbonyl (C=O) groups is 1. The molecule has 2 aromatic rings. The monoisotopic (exact) mass is 347 g/mol. The molecule has 0 heterocycles. The summed E-state index contributed by atoms with van der Waals surface area (Å²) in [5, 5.41) is 2.96. The van der Waals surface area contributed by atoms with Crippen molar-refractivity contribution in [3.05, 3.63) is 64.1 Å². The zero-order valence-corrected chi connectivity index (χ0v) is 13.7. The molecule has 1 amide bonds. The fourth-order valence-corrected chi connectivity index (χ4v) is 2.47. The number of ether oxygens (including phenoxy) is 1. The quantitative estimate of drug-likeness (QED) is 0.887. The summed E-state index contributed by atoms with van der Waals surface area (Å²) < 4.78 is 5.91. The highest BCUT2D eigenvalue weighted by Crippen LogP contribution is 2.22. The largest absolute Gasteiger partial charge is 0.497 e. The van der Waals surface area contributed by atoms with Crippen LogP contribution in [0.4, 0.5) is 0 Å². The second-order valence-corrected chi connectivity index (χ2v) is 5.72. The molecule has 0 saturated heterocycles. The Labute approximate surface area is 133 Å². The number of amides is 1. The molecular weight excluding hydrogens is 330 g/mol. The molecule has 21 heavy (non-hydrogen) atoms. The third-order valence-electron chi connectivity index (χ3n) is 3.36. The van der Waals surface area contributed by atoms with Crippen LogP contribution < -0.4 is 10.1 Å². The topological polar surface area (TPSA) is 38.3 Å². The summed E-state index contributed by atoms with van der Waals surface area (Å²) in [6.45, 7) is 2.68. The number of carbonyl (C=O) groups excluding carboxylic acids is 1. The predicted molar refractivity (Wildman–Crippen MR) is 87.9 cm³/mol. The summed E-state index contributed by atoms with van der Waals surface area (Å²) in [4.78, 5) is 12.3. The lowest BCUT2D eigenvalue weighted by molar-refractivity contribution is 0.0950. The van der Waals surface area contributed by atoms with Crippen molar-refractivity contribution in [2.45, 2.75) is 12.8 Å². The zero-order valence-electron chi connectivity index (χ0n) is 12.1. The maximum Gasteiger partial charge on any atom is 0.252 e. The van der Waals surface area contributed by atoms with Crippen LogP contribution in [0.5, 0.6) is 5.75 Å². The van der Waals surface area contributed by atoms with Crippen LogP contribution in [0.15, 0.2) is 53.0 Å². The zero-order chi connectivity index (χ0) is 15.2. The minimum absolute atomic E-state index is 0.108. The molecule has 2 aromatic carbocycles. The van der Waals surface area contributed by atoms with E-state index in [1.807, 2.05) is 30.3 Å². The molecule has 3 nitrogen and oxygen atoms in total. The van der Waals surface area contributed by atoms with E-state index in [9.17, 15) is 4.79 Å². The minimum Gasteiger partial charge on any atom is -0.497 e. The van der Waals surface area contributed by atoms with Crippen molar-refractivity contribution in [3.63, 3.8) is 0 Å². The lowest BCUT2D eigenvalue weighted by Crippen LogP contribution is -2.27. The first-order valence-electron chi connectivity index (χ1n) is 6.78. The number of hydrogen-bond donors (Lipinski definition) is 1. The van der Waals surface area contributed by atoms with Crippen LogP contribution in [0, 0.1) is 0 Å². The highest BCUT2D eigenvalue weighted by atomic mass is 79.9. The summed E-state index contributed by atoms with van der Waals surface area (Å²) >= 11 is 3.40. The summed E-state index contributed by atoms with van der Waals surface area (Å²) in [5.74, 6) is 0.822. The molecule has 0 radical (unpaired) electrons. The van der Waals surface area contributed by atoms with Crippen molar-refractivity contribution in [1.82, 2.24) is 5.32 Å². The van der Waals surface area contributed by atoms with Crippen LogP contribution in [0.3, 0.4) is 0 Å². The van der Waals surface area contributed by atoms with Gasteiger partial charge in [0.1, 0.15) is 5.75 Å². The Kier molecular flexibility index (Phi) is 5.39. The number of benzene rings is 2. The molecule has 1 atom stereocenters. The van der Waals surface area contributed by atoms with E-state index in [1.54, 1.807) is 13.2 Å². The highest BCUT2D eigenvalue weighted by Gasteiger charge is 2.13. The van der Waals surface area contributed by atoms with E-state index in [2.05, 4.69) is 40.3 Å². The maximum atomic E-state index is 12.3. The number of methoxy groups -OCH3 is 1. The summed E-state index contributed by atoms with van der Waals surface area (Å²) in [5.41, 5.74) is 1.79. The standard InChI is InChI=1S/C17H18BrNO2/c1-12(13-6-4-3-5-7-13)11-19-17(20)15-10-14(21-2)8-9-16(15)18/h3-10,12H,11H2,1-2H3,(H,19,20)/t12-/m1/s1. The van der Waals surface area contributed by atoms with Crippen molar-refractivity contribution in [2.24, 2.45) is 0 Å². The van der Waals surface area contributed by atoms with Crippen molar-refractivity contribution in [3.8, 4) is 5.75 Å². The van der Waals surface area contributed by atoms with Gasteiger partial charge in [-0.25, -0.2) is 0 Å². The summed E-state index contributed by atoms with van der Waals surface area (Å²) in [6.07, 6.45) is 0. The van der Waals surface area contributed by atoms with Crippen molar-refractivity contribution in [2.75, 3.05) is 13.7 Å². The van der Waals surface area contributed by atoms with Gasteiger partial charge in [0, 0.05) is 11.0 Å². The molecule has 0 fully saturated rings. The summed E-state index contributed by atoms with van der Waals surface area (Å²) in [6, 6.07) is 15.5. The van der Waals surface area contributed by atoms with Gasteiger partial charge in [0.15, 0.2) is 0 Å². The Morgan fingerprint density at radius 2 is 1.95 bits per heavy atom. The summed E-state index contributed by atoms with van der Waals surface area (Å²) in [7, 11) is 1.59. The van der Waals surface area contributed by atoms with Gasteiger partial charge in [0.2, 0.25) is 0 Å². The van der Waals surface area contributed by atoms with Crippen molar-refractivity contribution < 1.29 is 9.53 Å². The van der Waals surface area contributed by atoms with Crippen LogP contribution in [0.1, 0.15) is 28.8 Å². The van der Waals surface area contributed by atoms with Crippen LogP contribution in [-0.4, -0.2) is 19.6 Å². The SMILES string of the molecule is COc1ccc(Br)c(C(=O)NC[C@@H](C)c2ccccc2)c1. The average Bonchev–Trinajstić information content (AvgIpc) is 2.53. The third-order valence-corrected chi connectivity index (χ3v) is 4.05. The molecule has 0 saturated carbocycles. The smallest absolute Gasteiger partial charge is 0.252 e. The normalized spacial score (nSPS) is 11.8. The first-order chi connectivity index (χ1) is 10.1. The van der Waals surface area contributed by atoms with Gasteiger partial charge < -0.3 is 10.1 Å². The van der Waals surface area contributed by atoms with Gasteiger partial charge in [-0.15, -0.1) is 0 Å². The lowest BCUT2D eigenvalue weighted by atomic mass is 10.0. The average molecular weight is 348 g/mol. The minimum atomic E-state index is -0.108. The van der Waals surface area contributed by atoms with Crippen LogP contribution in [-0.2, 0) is 0 Å². The molecule has 110 valence electrons. The van der Waals surface area contributed by atoms with E-state index < -0.39 is 0 Å². The lowest BCUT2D eigenvalue weighted by Gasteiger charge is -2.14. The molecule has 4 heteroatoms. The number of halogens is 1.